The van der Waals surface area contributed by atoms with E-state index in [0.29, 0.717) is 5.02 Å². The van der Waals surface area contributed by atoms with Crippen molar-refractivity contribution in [1.29, 1.82) is 0 Å². The van der Waals surface area contributed by atoms with Gasteiger partial charge in [0.1, 0.15) is 0 Å². The number of esters is 1. The quantitative estimate of drug-likeness (QED) is 0.647. The van der Waals surface area contributed by atoms with Crippen LogP contribution in [0.4, 0.5) is 0 Å². The van der Waals surface area contributed by atoms with Gasteiger partial charge in [0.15, 0.2) is 6.61 Å². The van der Waals surface area contributed by atoms with Crippen LogP contribution in [0.15, 0.2) is 23.1 Å². The van der Waals surface area contributed by atoms with Crippen LogP contribution in [-0.2, 0) is 9.53 Å². The molecule has 0 fully saturated rings. The highest BCUT2D eigenvalue weighted by molar-refractivity contribution is 7.98. The van der Waals surface area contributed by atoms with Crippen LogP contribution in [0.3, 0.4) is 0 Å². The van der Waals surface area contributed by atoms with Crippen LogP contribution in [0.2, 0.25) is 5.02 Å². The first kappa shape index (κ1) is 16.9. The minimum Gasteiger partial charge on any atom is -0.452 e. The van der Waals surface area contributed by atoms with E-state index in [-0.39, 0.29) is 24.1 Å². The van der Waals surface area contributed by atoms with Crippen LogP contribution in [0.1, 0.15) is 30.6 Å². The van der Waals surface area contributed by atoms with Crippen molar-refractivity contribution in [3.8, 4) is 0 Å². The fourth-order valence-corrected chi connectivity index (χ4v) is 2.05. The second-order valence-electron chi connectivity index (χ2n) is 4.30. The molecule has 0 unspecified atom stereocenters. The zero-order valence-electron chi connectivity index (χ0n) is 11.7. The molecule has 20 heavy (non-hydrogen) atoms. The number of carbonyl (C=O) groups is 2. The van der Waals surface area contributed by atoms with Gasteiger partial charge in [-0.05, 0) is 37.8 Å². The fourth-order valence-electron chi connectivity index (χ4n) is 1.42. The third-order valence-electron chi connectivity index (χ3n) is 2.75. The van der Waals surface area contributed by atoms with E-state index >= 15 is 0 Å². The van der Waals surface area contributed by atoms with Crippen molar-refractivity contribution in [2.24, 2.45) is 0 Å². The molecule has 0 saturated heterocycles. The number of hydrogen-bond donors (Lipinski definition) is 1. The lowest BCUT2D eigenvalue weighted by Crippen LogP contribution is -2.35. The highest BCUT2D eigenvalue weighted by Gasteiger charge is 2.15. The van der Waals surface area contributed by atoms with Gasteiger partial charge in [0, 0.05) is 10.9 Å². The molecule has 0 aliphatic carbocycles. The molecule has 0 aromatic heterocycles. The number of carbonyl (C=O) groups excluding carboxylic acids is 2. The van der Waals surface area contributed by atoms with Crippen molar-refractivity contribution in [3.05, 3.63) is 28.8 Å². The zero-order chi connectivity index (χ0) is 15.1. The number of benzene rings is 1. The van der Waals surface area contributed by atoms with E-state index in [0.717, 1.165) is 11.3 Å². The van der Waals surface area contributed by atoms with Crippen LogP contribution in [0, 0.1) is 0 Å². The zero-order valence-corrected chi connectivity index (χ0v) is 13.3. The Bertz CT molecular complexity index is 493. The minimum absolute atomic E-state index is 0.0598. The Kier molecular flexibility index (Phi) is 6.88. The molecule has 1 aromatic carbocycles. The van der Waals surface area contributed by atoms with Crippen LogP contribution in [-0.4, -0.2) is 30.8 Å². The molecule has 1 atom stereocenters. The summed E-state index contributed by atoms with van der Waals surface area (Å²) in [6.45, 7) is 3.55. The predicted molar refractivity (Wildman–Crippen MR) is 81.4 cm³/mol. The lowest BCUT2D eigenvalue weighted by molar-refractivity contribution is -0.124. The van der Waals surface area contributed by atoms with Crippen molar-refractivity contribution < 1.29 is 14.3 Å². The Morgan fingerprint density at radius 3 is 2.75 bits per heavy atom. The Labute approximate surface area is 128 Å². The Hall–Kier alpha value is -1.20. The SMILES string of the molecule is CC[C@H](C)NC(=O)COC(=O)c1cc(SC)ccc1Cl. The number of amides is 1. The largest absolute Gasteiger partial charge is 0.452 e. The summed E-state index contributed by atoms with van der Waals surface area (Å²) >= 11 is 7.46. The molecule has 0 aliphatic rings. The summed E-state index contributed by atoms with van der Waals surface area (Å²) in [6, 6.07) is 5.18. The highest BCUT2D eigenvalue weighted by Crippen LogP contribution is 2.23. The predicted octanol–water partition coefficient (Wildman–Crippen LogP) is 3.13. The smallest absolute Gasteiger partial charge is 0.340 e. The number of nitrogens with one attached hydrogen (secondary N) is 1. The molecule has 1 aromatic rings. The first-order valence-corrected chi connectivity index (χ1v) is 7.88. The highest BCUT2D eigenvalue weighted by atomic mass is 35.5. The third kappa shape index (κ3) is 5.06. The van der Waals surface area contributed by atoms with E-state index < -0.39 is 5.97 Å². The molecular weight excluding hydrogens is 298 g/mol. The normalized spacial score (nSPS) is 11.8. The summed E-state index contributed by atoms with van der Waals surface area (Å²) in [5, 5.41) is 3.04. The molecule has 1 amide bonds. The average molecular weight is 316 g/mol. The van der Waals surface area contributed by atoms with Crippen molar-refractivity contribution in [3.63, 3.8) is 0 Å². The van der Waals surface area contributed by atoms with Crippen LogP contribution < -0.4 is 5.32 Å². The second-order valence-corrected chi connectivity index (χ2v) is 5.59. The van der Waals surface area contributed by atoms with Gasteiger partial charge in [-0.2, -0.15) is 0 Å². The monoisotopic (exact) mass is 315 g/mol. The summed E-state index contributed by atoms with van der Waals surface area (Å²) in [7, 11) is 0. The Morgan fingerprint density at radius 2 is 2.15 bits per heavy atom. The minimum atomic E-state index is -0.592. The molecule has 0 spiro atoms. The molecule has 4 nitrogen and oxygen atoms in total. The molecule has 0 radical (unpaired) electrons. The number of rotatable bonds is 6. The summed E-state index contributed by atoms with van der Waals surface area (Å²) in [5.41, 5.74) is 0.273. The van der Waals surface area contributed by atoms with Gasteiger partial charge in [-0.1, -0.05) is 18.5 Å². The van der Waals surface area contributed by atoms with Crippen molar-refractivity contribution in [2.75, 3.05) is 12.9 Å². The first-order chi connectivity index (χ1) is 9.47. The van der Waals surface area contributed by atoms with Gasteiger partial charge < -0.3 is 10.1 Å². The maximum Gasteiger partial charge on any atom is 0.340 e. The van der Waals surface area contributed by atoms with Crippen molar-refractivity contribution >= 4 is 35.2 Å². The molecule has 110 valence electrons. The van der Waals surface area contributed by atoms with Crippen LogP contribution >= 0.6 is 23.4 Å². The fraction of sp³-hybridized carbons (Fsp3) is 0.429. The topological polar surface area (TPSA) is 55.4 Å². The lowest BCUT2D eigenvalue weighted by Gasteiger charge is -2.12. The summed E-state index contributed by atoms with van der Waals surface area (Å²) < 4.78 is 4.97. The molecule has 0 saturated carbocycles. The van der Waals surface area contributed by atoms with Gasteiger partial charge in [0.2, 0.25) is 0 Å². The summed E-state index contributed by atoms with van der Waals surface area (Å²) in [5.74, 6) is -0.907. The molecule has 1 N–H and O–H groups in total. The molecule has 1 rings (SSSR count). The second kappa shape index (κ2) is 8.17. The van der Waals surface area contributed by atoms with Gasteiger partial charge in [-0.25, -0.2) is 4.79 Å². The molecule has 6 heteroatoms. The molecule has 0 aliphatic heterocycles. The van der Waals surface area contributed by atoms with E-state index in [1.165, 1.54) is 11.8 Å². The Balaban J connectivity index is 2.61. The van der Waals surface area contributed by atoms with E-state index in [4.69, 9.17) is 16.3 Å². The van der Waals surface area contributed by atoms with Gasteiger partial charge in [-0.15, -0.1) is 11.8 Å². The number of hydrogen-bond acceptors (Lipinski definition) is 4. The summed E-state index contributed by atoms with van der Waals surface area (Å²) in [6.07, 6.45) is 2.72. The van der Waals surface area contributed by atoms with E-state index in [2.05, 4.69) is 5.32 Å². The standard InChI is InChI=1S/C14H18ClNO3S/c1-4-9(2)16-13(17)8-19-14(18)11-7-10(20-3)5-6-12(11)15/h5-7,9H,4,8H2,1-3H3,(H,16,17)/t9-/m0/s1. The van der Waals surface area contributed by atoms with E-state index in [1.54, 1.807) is 12.1 Å². The number of halogens is 1. The molecule has 0 bridgehead atoms. The van der Waals surface area contributed by atoms with E-state index in [1.807, 2.05) is 26.2 Å². The Morgan fingerprint density at radius 1 is 1.45 bits per heavy atom. The van der Waals surface area contributed by atoms with Crippen molar-refractivity contribution in [1.82, 2.24) is 5.32 Å². The van der Waals surface area contributed by atoms with Crippen LogP contribution in [0.25, 0.3) is 0 Å². The first-order valence-electron chi connectivity index (χ1n) is 6.28. The maximum absolute atomic E-state index is 11.9. The van der Waals surface area contributed by atoms with Crippen LogP contribution in [0.5, 0.6) is 0 Å². The number of thioether (sulfide) groups is 1. The van der Waals surface area contributed by atoms with Crippen molar-refractivity contribution in [2.45, 2.75) is 31.2 Å². The van der Waals surface area contributed by atoms with Gasteiger partial charge >= 0.3 is 5.97 Å². The van der Waals surface area contributed by atoms with Gasteiger partial charge in [-0.3, -0.25) is 4.79 Å². The lowest BCUT2D eigenvalue weighted by atomic mass is 10.2. The molecule has 0 heterocycles. The van der Waals surface area contributed by atoms with Gasteiger partial charge in [0.05, 0.1) is 10.6 Å². The van der Waals surface area contributed by atoms with E-state index in [9.17, 15) is 9.59 Å². The average Bonchev–Trinajstić information content (AvgIpc) is 2.45. The molecular formula is C14H18ClNO3S. The summed E-state index contributed by atoms with van der Waals surface area (Å²) in [4.78, 5) is 24.3. The number of ether oxygens (including phenoxy) is 1. The maximum atomic E-state index is 11.9. The van der Waals surface area contributed by atoms with Gasteiger partial charge in [0.25, 0.3) is 5.91 Å². The third-order valence-corrected chi connectivity index (χ3v) is 3.80.